The van der Waals surface area contributed by atoms with Crippen molar-refractivity contribution in [2.75, 3.05) is 25.9 Å². The third kappa shape index (κ3) is 3.67. The van der Waals surface area contributed by atoms with Gasteiger partial charge in [0.05, 0.1) is 10.6 Å². The van der Waals surface area contributed by atoms with Gasteiger partial charge in [0.1, 0.15) is 0 Å². The van der Waals surface area contributed by atoms with Crippen molar-refractivity contribution in [3.8, 4) is 0 Å². The van der Waals surface area contributed by atoms with E-state index in [0.717, 1.165) is 29.1 Å². The molecule has 1 aliphatic carbocycles. The van der Waals surface area contributed by atoms with E-state index in [4.69, 9.17) is 5.73 Å². The Morgan fingerprint density at radius 1 is 1.17 bits per heavy atom. The van der Waals surface area contributed by atoms with E-state index in [-0.39, 0.29) is 5.91 Å². The number of hydrogen-bond donors (Lipinski definition) is 3. The number of carbonyl (C=O) groups excluding carboxylic acids is 1. The van der Waals surface area contributed by atoms with Crippen LogP contribution < -0.4 is 16.4 Å². The number of anilines is 1. The third-order valence-electron chi connectivity index (χ3n) is 4.86. The standard InChI is InChI=1S/C18H25N3OS/c1-20-10-12-6-8-13(9-7-12)11-21-18(22)16-14-4-2-3-5-15(14)23-17(16)19/h2-5,12-13,20H,6-11,19H2,1H3,(H,21,22). The van der Waals surface area contributed by atoms with Crippen LogP contribution in [0.5, 0.6) is 0 Å². The van der Waals surface area contributed by atoms with Gasteiger partial charge in [0.15, 0.2) is 0 Å². The molecule has 5 heteroatoms. The Balaban J connectivity index is 1.58. The van der Waals surface area contributed by atoms with Crippen LogP contribution in [0.2, 0.25) is 0 Å². The van der Waals surface area contributed by atoms with Crippen LogP contribution in [0.25, 0.3) is 10.1 Å². The van der Waals surface area contributed by atoms with Gasteiger partial charge in [0.2, 0.25) is 0 Å². The fourth-order valence-corrected chi connectivity index (χ4v) is 4.52. The molecule has 0 atom stereocenters. The van der Waals surface area contributed by atoms with Crippen molar-refractivity contribution in [1.82, 2.24) is 10.6 Å². The number of nitrogen functional groups attached to an aromatic ring is 1. The normalized spacial score (nSPS) is 21.4. The summed E-state index contributed by atoms with van der Waals surface area (Å²) in [5.41, 5.74) is 6.71. The molecule has 1 fully saturated rings. The van der Waals surface area contributed by atoms with Gasteiger partial charge in [-0.15, -0.1) is 11.3 Å². The fourth-order valence-electron chi connectivity index (χ4n) is 3.55. The van der Waals surface area contributed by atoms with Crippen molar-refractivity contribution in [2.24, 2.45) is 11.8 Å². The summed E-state index contributed by atoms with van der Waals surface area (Å²) in [6.45, 7) is 1.87. The Bertz CT molecular complexity index is 674. The van der Waals surface area contributed by atoms with Crippen LogP contribution in [0.15, 0.2) is 24.3 Å². The molecule has 0 spiro atoms. The van der Waals surface area contributed by atoms with Gasteiger partial charge in [-0.1, -0.05) is 18.2 Å². The molecule has 0 aliphatic heterocycles. The maximum Gasteiger partial charge on any atom is 0.254 e. The number of rotatable bonds is 5. The summed E-state index contributed by atoms with van der Waals surface area (Å²) in [5, 5.41) is 7.94. The molecule has 1 saturated carbocycles. The lowest BCUT2D eigenvalue weighted by Gasteiger charge is -2.28. The molecule has 3 rings (SSSR count). The first-order valence-corrected chi connectivity index (χ1v) is 9.20. The summed E-state index contributed by atoms with van der Waals surface area (Å²) < 4.78 is 1.07. The maximum absolute atomic E-state index is 12.6. The predicted molar refractivity (Wildman–Crippen MR) is 97.9 cm³/mol. The highest BCUT2D eigenvalue weighted by molar-refractivity contribution is 7.23. The summed E-state index contributed by atoms with van der Waals surface area (Å²) in [6, 6.07) is 7.91. The zero-order valence-electron chi connectivity index (χ0n) is 13.6. The van der Waals surface area contributed by atoms with E-state index in [1.165, 1.54) is 37.0 Å². The lowest BCUT2D eigenvalue weighted by molar-refractivity contribution is 0.0944. The first-order valence-electron chi connectivity index (χ1n) is 8.38. The Labute approximate surface area is 141 Å². The quantitative estimate of drug-likeness (QED) is 0.788. The molecular formula is C18H25N3OS. The molecule has 1 amide bonds. The average Bonchev–Trinajstić information content (AvgIpc) is 2.90. The van der Waals surface area contributed by atoms with Gasteiger partial charge < -0.3 is 16.4 Å². The topological polar surface area (TPSA) is 67.1 Å². The molecule has 0 bridgehead atoms. The number of amides is 1. The number of nitrogens with two attached hydrogens (primary N) is 1. The summed E-state index contributed by atoms with van der Waals surface area (Å²) in [4.78, 5) is 12.6. The minimum atomic E-state index is -0.0303. The van der Waals surface area contributed by atoms with E-state index in [9.17, 15) is 4.79 Å². The van der Waals surface area contributed by atoms with E-state index >= 15 is 0 Å². The first kappa shape index (κ1) is 16.3. The summed E-state index contributed by atoms with van der Waals surface area (Å²) in [6.07, 6.45) is 4.91. The Morgan fingerprint density at radius 2 is 1.83 bits per heavy atom. The van der Waals surface area contributed by atoms with Crippen LogP contribution in [0.1, 0.15) is 36.0 Å². The van der Waals surface area contributed by atoms with Gasteiger partial charge in [-0.2, -0.15) is 0 Å². The lowest BCUT2D eigenvalue weighted by atomic mass is 9.82. The summed E-state index contributed by atoms with van der Waals surface area (Å²) in [7, 11) is 2.02. The number of carbonyl (C=O) groups is 1. The predicted octanol–water partition coefficient (Wildman–Crippen LogP) is 3.24. The highest BCUT2D eigenvalue weighted by atomic mass is 32.1. The van der Waals surface area contributed by atoms with E-state index in [0.29, 0.717) is 16.5 Å². The third-order valence-corrected chi connectivity index (χ3v) is 5.86. The Morgan fingerprint density at radius 3 is 2.52 bits per heavy atom. The largest absolute Gasteiger partial charge is 0.390 e. The van der Waals surface area contributed by atoms with Crippen LogP contribution in [-0.4, -0.2) is 26.0 Å². The van der Waals surface area contributed by atoms with Crippen LogP contribution in [-0.2, 0) is 0 Å². The molecule has 0 radical (unpaired) electrons. The smallest absolute Gasteiger partial charge is 0.254 e. The van der Waals surface area contributed by atoms with Crippen LogP contribution >= 0.6 is 11.3 Å². The van der Waals surface area contributed by atoms with Gasteiger partial charge in [0.25, 0.3) is 5.91 Å². The molecular weight excluding hydrogens is 306 g/mol. The van der Waals surface area contributed by atoms with E-state index < -0.39 is 0 Å². The zero-order chi connectivity index (χ0) is 16.2. The number of nitrogens with one attached hydrogen (secondary N) is 2. The molecule has 23 heavy (non-hydrogen) atoms. The molecule has 124 valence electrons. The molecule has 0 unspecified atom stereocenters. The second kappa shape index (κ2) is 7.32. The lowest BCUT2D eigenvalue weighted by Crippen LogP contribution is -2.32. The van der Waals surface area contributed by atoms with Gasteiger partial charge in [-0.25, -0.2) is 0 Å². The molecule has 1 aromatic heterocycles. The zero-order valence-corrected chi connectivity index (χ0v) is 14.4. The highest BCUT2D eigenvalue weighted by Gasteiger charge is 2.22. The van der Waals surface area contributed by atoms with E-state index in [2.05, 4.69) is 10.6 Å². The number of fused-ring (bicyclic) bond motifs is 1. The number of thiophene rings is 1. The van der Waals surface area contributed by atoms with Crippen molar-refractivity contribution in [3.63, 3.8) is 0 Å². The second-order valence-electron chi connectivity index (χ2n) is 6.49. The van der Waals surface area contributed by atoms with Gasteiger partial charge >= 0.3 is 0 Å². The highest BCUT2D eigenvalue weighted by Crippen LogP contribution is 2.33. The van der Waals surface area contributed by atoms with Crippen molar-refractivity contribution in [3.05, 3.63) is 29.8 Å². The van der Waals surface area contributed by atoms with Gasteiger partial charge in [0, 0.05) is 16.6 Å². The molecule has 0 saturated heterocycles. The molecule has 4 N–H and O–H groups in total. The van der Waals surface area contributed by atoms with Crippen LogP contribution in [0.4, 0.5) is 5.00 Å². The maximum atomic E-state index is 12.6. The molecule has 1 aromatic carbocycles. The SMILES string of the molecule is CNCC1CCC(CNC(=O)c2c(N)sc3ccccc23)CC1. The first-order chi connectivity index (χ1) is 11.2. The second-order valence-corrected chi connectivity index (χ2v) is 7.58. The minimum Gasteiger partial charge on any atom is -0.390 e. The van der Waals surface area contributed by atoms with Crippen molar-refractivity contribution in [2.45, 2.75) is 25.7 Å². The average molecular weight is 331 g/mol. The monoisotopic (exact) mass is 331 g/mol. The van der Waals surface area contributed by atoms with Crippen molar-refractivity contribution >= 4 is 32.3 Å². The van der Waals surface area contributed by atoms with Crippen LogP contribution in [0, 0.1) is 11.8 Å². The molecule has 4 nitrogen and oxygen atoms in total. The summed E-state index contributed by atoms with van der Waals surface area (Å²) >= 11 is 1.48. The van der Waals surface area contributed by atoms with Crippen LogP contribution in [0.3, 0.4) is 0 Å². The van der Waals surface area contributed by atoms with Gasteiger partial charge in [-0.3, -0.25) is 4.79 Å². The number of benzene rings is 1. The minimum absolute atomic E-state index is 0.0303. The molecule has 1 heterocycles. The van der Waals surface area contributed by atoms with Gasteiger partial charge in [-0.05, 0) is 57.2 Å². The fraction of sp³-hybridized carbons (Fsp3) is 0.500. The van der Waals surface area contributed by atoms with Crippen molar-refractivity contribution in [1.29, 1.82) is 0 Å². The number of hydrogen-bond acceptors (Lipinski definition) is 4. The summed E-state index contributed by atoms with van der Waals surface area (Å²) in [5.74, 6) is 1.36. The molecule has 2 aromatic rings. The van der Waals surface area contributed by atoms with E-state index in [1.807, 2.05) is 31.3 Å². The van der Waals surface area contributed by atoms with E-state index in [1.54, 1.807) is 0 Å². The Kier molecular flexibility index (Phi) is 5.18. The van der Waals surface area contributed by atoms with Crippen molar-refractivity contribution < 1.29 is 4.79 Å². The Hall–Kier alpha value is -1.59. The molecule has 1 aliphatic rings.